The van der Waals surface area contributed by atoms with Gasteiger partial charge in [0.2, 0.25) is 0 Å². The number of rotatable bonds is 6. The van der Waals surface area contributed by atoms with Crippen LogP contribution in [-0.2, 0) is 0 Å². The third-order valence-electron chi connectivity index (χ3n) is 3.06. The predicted octanol–water partition coefficient (Wildman–Crippen LogP) is 4.73. The van der Waals surface area contributed by atoms with Crippen LogP contribution in [0.25, 0.3) is 0 Å². The average molecular weight is 309 g/mol. The smallest absolute Gasteiger partial charge is 0.167 e. The molecule has 0 fully saturated rings. The highest BCUT2D eigenvalue weighted by atomic mass is 35.5. The molecule has 5 heteroatoms. The number of pyridine rings is 1. The lowest BCUT2D eigenvalue weighted by Gasteiger charge is -2.18. The molecule has 1 aromatic heterocycles. The highest BCUT2D eigenvalue weighted by Crippen LogP contribution is 2.32. The van der Waals surface area contributed by atoms with E-state index in [9.17, 15) is 4.39 Å². The minimum absolute atomic E-state index is 0.0113. The lowest BCUT2D eigenvalue weighted by Crippen LogP contribution is -2.20. The summed E-state index contributed by atoms with van der Waals surface area (Å²) in [6, 6.07) is 6.50. The molecule has 0 aliphatic carbocycles. The van der Waals surface area contributed by atoms with Gasteiger partial charge in [0.15, 0.2) is 11.6 Å². The van der Waals surface area contributed by atoms with Gasteiger partial charge in [0.1, 0.15) is 5.75 Å². The number of nitrogens with one attached hydrogen (secondary N) is 1. The van der Waals surface area contributed by atoms with Crippen LogP contribution in [0.4, 0.5) is 4.39 Å². The molecule has 3 nitrogen and oxygen atoms in total. The summed E-state index contributed by atoms with van der Waals surface area (Å²) in [6.07, 6.45) is 4.02. The molecule has 2 rings (SSSR count). The number of benzene rings is 1. The molecule has 1 N–H and O–H groups in total. The van der Waals surface area contributed by atoms with Gasteiger partial charge < -0.3 is 10.1 Å². The van der Waals surface area contributed by atoms with Gasteiger partial charge in [0.25, 0.3) is 0 Å². The van der Waals surface area contributed by atoms with E-state index in [2.05, 4.69) is 17.2 Å². The molecule has 0 aliphatic rings. The molecule has 1 unspecified atom stereocenters. The predicted molar refractivity (Wildman–Crippen MR) is 82.4 cm³/mol. The highest BCUT2D eigenvalue weighted by molar-refractivity contribution is 6.30. The Kier molecular flexibility index (Phi) is 5.53. The molecule has 1 heterocycles. The van der Waals surface area contributed by atoms with E-state index >= 15 is 0 Å². The Morgan fingerprint density at radius 3 is 2.90 bits per heavy atom. The van der Waals surface area contributed by atoms with Gasteiger partial charge in [-0.3, -0.25) is 4.98 Å². The van der Waals surface area contributed by atoms with Crippen LogP contribution in [0.15, 0.2) is 36.7 Å². The number of halogens is 2. The maximum atomic E-state index is 14.1. The molecule has 0 saturated carbocycles. The van der Waals surface area contributed by atoms with Crippen LogP contribution in [0.1, 0.15) is 31.9 Å². The monoisotopic (exact) mass is 308 g/mol. The quantitative estimate of drug-likeness (QED) is 0.838. The van der Waals surface area contributed by atoms with Gasteiger partial charge in [0, 0.05) is 23.9 Å². The van der Waals surface area contributed by atoms with Crippen LogP contribution in [-0.4, -0.2) is 11.5 Å². The topological polar surface area (TPSA) is 34.1 Å². The number of nitrogens with zero attached hydrogens (tertiary/aromatic N) is 1. The summed E-state index contributed by atoms with van der Waals surface area (Å²) in [5.41, 5.74) is 0.767. The normalized spacial score (nSPS) is 12.2. The Bertz CT molecular complexity index is 607. The summed E-state index contributed by atoms with van der Waals surface area (Å²) in [6.45, 7) is 4.92. The molecule has 1 aromatic carbocycles. The molecular weight excluding hydrogens is 291 g/mol. The number of ether oxygens (including phenoxy) is 1. The van der Waals surface area contributed by atoms with E-state index in [4.69, 9.17) is 16.3 Å². The van der Waals surface area contributed by atoms with E-state index in [1.807, 2.05) is 13.0 Å². The van der Waals surface area contributed by atoms with Crippen molar-refractivity contribution in [2.45, 2.75) is 26.3 Å². The van der Waals surface area contributed by atoms with Crippen LogP contribution in [0.5, 0.6) is 11.5 Å². The molecule has 0 bridgehead atoms. The van der Waals surface area contributed by atoms with Crippen molar-refractivity contribution in [2.24, 2.45) is 0 Å². The zero-order valence-electron chi connectivity index (χ0n) is 12.1. The van der Waals surface area contributed by atoms with Crippen molar-refractivity contribution in [3.8, 4) is 11.5 Å². The lowest BCUT2D eigenvalue weighted by molar-refractivity contribution is 0.424. The van der Waals surface area contributed by atoms with Crippen molar-refractivity contribution in [1.82, 2.24) is 10.3 Å². The van der Waals surface area contributed by atoms with E-state index in [0.717, 1.165) is 18.5 Å². The third-order valence-corrected chi connectivity index (χ3v) is 3.27. The van der Waals surface area contributed by atoms with E-state index in [0.29, 0.717) is 10.8 Å². The first kappa shape index (κ1) is 15.7. The molecule has 112 valence electrons. The van der Waals surface area contributed by atoms with Crippen LogP contribution in [0.2, 0.25) is 5.02 Å². The summed E-state index contributed by atoms with van der Waals surface area (Å²) in [4.78, 5) is 3.94. The number of para-hydroxylation sites is 1. The van der Waals surface area contributed by atoms with Gasteiger partial charge in [-0.15, -0.1) is 0 Å². The summed E-state index contributed by atoms with van der Waals surface area (Å²) < 4.78 is 19.8. The van der Waals surface area contributed by atoms with Gasteiger partial charge in [-0.1, -0.05) is 30.7 Å². The zero-order valence-corrected chi connectivity index (χ0v) is 12.8. The Morgan fingerprint density at radius 2 is 2.19 bits per heavy atom. The maximum absolute atomic E-state index is 14.1. The molecule has 1 atom stereocenters. The van der Waals surface area contributed by atoms with Crippen molar-refractivity contribution in [1.29, 1.82) is 0 Å². The van der Waals surface area contributed by atoms with Crippen molar-refractivity contribution in [3.05, 3.63) is 53.1 Å². The Labute approximate surface area is 129 Å². The Morgan fingerprint density at radius 1 is 1.38 bits per heavy atom. The van der Waals surface area contributed by atoms with Gasteiger partial charge in [-0.2, -0.15) is 0 Å². The molecule has 0 amide bonds. The molecule has 0 aliphatic heterocycles. The summed E-state index contributed by atoms with van der Waals surface area (Å²) in [5.74, 6) is 0.215. The minimum atomic E-state index is -0.405. The second-order valence-electron chi connectivity index (χ2n) is 4.77. The van der Waals surface area contributed by atoms with Crippen LogP contribution in [0.3, 0.4) is 0 Å². The highest BCUT2D eigenvalue weighted by Gasteiger charge is 2.16. The van der Waals surface area contributed by atoms with Gasteiger partial charge in [-0.25, -0.2) is 4.39 Å². The minimum Gasteiger partial charge on any atom is -0.452 e. The Balaban J connectivity index is 2.29. The number of hydrogen-bond donors (Lipinski definition) is 1. The van der Waals surface area contributed by atoms with Crippen molar-refractivity contribution in [3.63, 3.8) is 0 Å². The van der Waals surface area contributed by atoms with E-state index in [-0.39, 0.29) is 11.8 Å². The van der Waals surface area contributed by atoms with Crippen molar-refractivity contribution < 1.29 is 9.13 Å². The fourth-order valence-corrected chi connectivity index (χ4v) is 2.17. The summed E-state index contributed by atoms with van der Waals surface area (Å²) in [5, 5.41) is 3.77. The van der Waals surface area contributed by atoms with Crippen LogP contribution >= 0.6 is 11.6 Å². The second-order valence-corrected chi connectivity index (χ2v) is 5.21. The second kappa shape index (κ2) is 7.38. The molecule has 0 radical (unpaired) electrons. The lowest BCUT2D eigenvalue weighted by atomic mass is 10.1. The largest absolute Gasteiger partial charge is 0.452 e. The van der Waals surface area contributed by atoms with E-state index < -0.39 is 5.82 Å². The number of hydrogen-bond acceptors (Lipinski definition) is 3. The zero-order chi connectivity index (χ0) is 15.2. The van der Waals surface area contributed by atoms with E-state index in [1.165, 1.54) is 18.5 Å². The molecular formula is C16H18ClFN2O. The molecule has 0 spiro atoms. The Hall–Kier alpha value is -1.65. The third kappa shape index (κ3) is 4.16. The standard InChI is InChI=1S/C16H18ClFN2O/c1-3-7-20-11(2)14-5-4-6-15(18)16(14)21-13-8-12(17)9-19-10-13/h4-6,8-11,20H,3,7H2,1-2H3. The van der Waals surface area contributed by atoms with Crippen molar-refractivity contribution >= 4 is 11.6 Å². The first-order chi connectivity index (χ1) is 10.1. The SMILES string of the molecule is CCCNC(C)c1cccc(F)c1Oc1cncc(Cl)c1. The van der Waals surface area contributed by atoms with Gasteiger partial charge in [0.05, 0.1) is 11.2 Å². The summed E-state index contributed by atoms with van der Waals surface area (Å²) >= 11 is 5.87. The van der Waals surface area contributed by atoms with Gasteiger partial charge in [-0.05, 0) is 26.0 Å². The molecule has 2 aromatic rings. The summed E-state index contributed by atoms with van der Waals surface area (Å²) in [7, 11) is 0. The van der Waals surface area contributed by atoms with Gasteiger partial charge >= 0.3 is 0 Å². The number of aromatic nitrogens is 1. The van der Waals surface area contributed by atoms with Crippen molar-refractivity contribution in [2.75, 3.05) is 6.54 Å². The van der Waals surface area contributed by atoms with Crippen LogP contribution < -0.4 is 10.1 Å². The first-order valence-electron chi connectivity index (χ1n) is 6.92. The van der Waals surface area contributed by atoms with Crippen LogP contribution in [0, 0.1) is 5.82 Å². The first-order valence-corrected chi connectivity index (χ1v) is 7.29. The molecule has 0 saturated heterocycles. The average Bonchev–Trinajstić information content (AvgIpc) is 2.47. The van der Waals surface area contributed by atoms with E-state index in [1.54, 1.807) is 12.1 Å². The molecule has 21 heavy (non-hydrogen) atoms. The fourth-order valence-electron chi connectivity index (χ4n) is 2.01. The fraction of sp³-hybridized carbons (Fsp3) is 0.312. The maximum Gasteiger partial charge on any atom is 0.167 e.